The fourth-order valence-electron chi connectivity index (χ4n) is 0.728. The zero-order valence-corrected chi connectivity index (χ0v) is 8.31. The van der Waals surface area contributed by atoms with Crippen molar-refractivity contribution in [1.82, 2.24) is 5.32 Å². The van der Waals surface area contributed by atoms with E-state index in [9.17, 15) is 18.4 Å². The normalized spacial score (nSPS) is 12.6. The quantitative estimate of drug-likeness (QED) is 0.696. The Morgan fingerprint density at radius 2 is 2.07 bits per heavy atom. The van der Waals surface area contributed by atoms with Gasteiger partial charge in [0.15, 0.2) is 0 Å². The summed E-state index contributed by atoms with van der Waals surface area (Å²) >= 11 is 1.38. The number of carbonyl (C=O) groups excluding carboxylic acids is 1. The van der Waals surface area contributed by atoms with Crippen LogP contribution >= 0.6 is 11.8 Å². The highest BCUT2D eigenvalue weighted by atomic mass is 32.2. The SMILES string of the molecule is CSCC[C@H](NC(=O)C(F)F)C(=O)O. The van der Waals surface area contributed by atoms with Crippen LogP contribution in [0.2, 0.25) is 0 Å². The third-order valence-corrected chi connectivity index (χ3v) is 2.07. The second-order valence-corrected chi connectivity index (χ2v) is 3.47. The van der Waals surface area contributed by atoms with Crippen LogP contribution in [0.5, 0.6) is 0 Å². The van der Waals surface area contributed by atoms with Gasteiger partial charge in [-0.3, -0.25) is 4.79 Å². The van der Waals surface area contributed by atoms with E-state index in [0.717, 1.165) is 0 Å². The molecule has 0 aliphatic heterocycles. The monoisotopic (exact) mass is 227 g/mol. The maximum Gasteiger partial charge on any atom is 0.326 e. The molecule has 7 heteroatoms. The summed E-state index contributed by atoms with van der Waals surface area (Å²) in [5.74, 6) is -2.35. The third-order valence-electron chi connectivity index (χ3n) is 1.42. The van der Waals surface area contributed by atoms with Gasteiger partial charge < -0.3 is 10.4 Å². The second-order valence-electron chi connectivity index (χ2n) is 2.48. The van der Waals surface area contributed by atoms with Crippen molar-refractivity contribution in [3.05, 3.63) is 0 Å². The standard InChI is InChI=1S/C7H11F2NO3S/c1-14-3-2-4(7(12)13)10-6(11)5(8)9/h4-5H,2-3H2,1H3,(H,10,11)(H,12,13)/t4-/m0/s1. The van der Waals surface area contributed by atoms with Crippen LogP contribution in [0.25, 0.3) is 0 Å². The van der Waals surface area contributed by atoms with E-state index < -0.39 is 24.3 Å². The molecule has 1 amide bonds. The maximum absolute atomic E-state index is 11.8. The van der Waals surface area contributed by atoms with Crippen molar-refractivity contribution in [2.45, 2.75) is 18.9 Å². The molecule has 82 valence electrons. The number of thioether (sulfide) groups is 1. The van der Waals surface area contributed by atoms with E-state index in [1.54, 1.807) is 11.6 Å². The zero-order chi connectivity index (χ0) is 11.1. The summed E-state index contributed by atoms with van der Waals surface area (Å²) in [4.78, 5) is 21.0. The van der Waals surface area contributed by atoms with Crippen molar-refractivity contribution in [3.63, 3.8) is 0 Å². The molecule has 14 heavy (non-hydrogen) atoms. The average Bonchev–Trinajstić information content (AvgIpc) is 2.10. The van der Waals surface area contributed by atoms with Gasteiger partial charge in [-0.05, 0) is 18.4 Å². The Hall–Kier alpha value is -0.850. The molecule has 0 saturated carbocycles. The van der Waals surface area contributed by atoms with Crippen LogP contribution < -0.4 is 5.32 Å². The molecule has 0 aliphatic carbocycles. The minimum Gasteiger partial charge on any atom is -0.480 e. The number of amides is 1. The minimum atomic E-state index is -3.17. The predicted octanol–water partition coefficient (Wildman–Crippen LogP) is 0.574. The number of nitrogens with one attached hydrogen (secondary N) is 1. The molecule has 2 N–H and O–H groups in total. The topological polar surface area (TPSA) is 66.4 Å². The summed E-state index contributed by atoms with van der Waals surface area (Å²) in [5.41, 5.74) is 0. The van der Waals surface area contributed by atoms with Gasteiger partial charge in [0.2, 0.25) is 0 Å². The van der Waals surface area contributed by atoms with Gasteiger partial charge >= 0.3 is 12.4 Å². The molecule has 0 spiro atoms. The first-order valence-electron chi connectivity index (χ1n) is 3.79. The number of carbonyl (C=O) groups is 2. The highest BCUT2D eigenvalue weighted by Gasteiger charge is 2.23. The van der Waals surface area contributed by atoms with E-state index in [1.807, 2.05) is 0 Å². The fourth-order valence-corrected chi connectivity index (χ4v) is 1.20. The van der Waals surface area contributed by atoms with Gasteiger partial charge in [-0.15, -0.1) is 0 Å². The van der Waals surface area contributed by atoms with Crippen LogP contribution in [0.1, 0.15) is 6.42 Å². The lowest BCUT2D eigenvalue weighted by Gasteiger charge is -2.13. The fraction of sp³-hybridized carbons (Fsp3) is 0.714. The van der Waals surface area contributed by atoms with Crippen molar-refractivity contribution in [2.24, 2.45) is 0 Å². The van der Waals surface area contributed by atoms with Gasteiger partial charge in [-0.1, -0.05) is 0 Å². The number of alkyl halides is 2. The van der Waals surface area contributed by atoms with Crippen LogP contribution in [0.4, 0.5) is 8.78 Å². The Labute approximate surface area is 84.1 Å². The molecular formula is C7H11F2NO3S. The van der Waals surface area contributed by atoms with Crippen molar-refractivity contribution >= 4 is 23.6 Å². The molecule has 0 aliphatic rings. The number of hydrogen-bond donors (Lipinski definition) is 2. The largest absolute Gasteiger partial charge is 0.480 e. The molecule has 0 heterocycles. The molecular weight excluding hydrogens is 216 g/mol. The van der Waals surface area contributed by atoms with Gasteiger partial charge in [0, 0.05) is 0 Å². The number of hydrogen-bond acceptors (Lipinski definition) is 3. The smallest absolute Gasteiger partial charge is 0.326 e. The highest BCUT2D eigenvalue weighted by Crippen LogP contribution is 2.02. The molecule has 4 nitrogen and oxygen atoms in total. The van der Waals surface area contributed by atoms with E-state index in [0.29, 0.717) is 5.75 Å². The Morgan fingerprint density at radius 1 is 1.50 bits per heavy atom. The van der Waals surface area contributed by atoms with E-state index in [-0.39, 0.29) is 6.42 Å². The molecule has 0 radical (unpaired) electrons. The molecule has 0 rings (SSSR count). The first-order valence-corrected chi connectivity index (χ1v) is 5.18. The summed E-state index contributed by atoms with van der Waals surface area (Å²) in [7, 11) is 0. The Balaban J connectivity index is 4.09. The van der Waals surface area contributed by atoms with E-state index >= 15 is 0 Å². The lowest BCUT2D eigenvalue weighted by Crippen LogP contribution is -2.43. The van der Waals surface area contributed by atoms with Gasteiger partial charge in [0.25, 0.3) is 5.91 Å². The van der Waals surface area contributed by atoms with Crippen LogP contribution in [-0.4, -0.2) is 41.5 Å². The minimum absolute atomic E-state index is 0.134. The predicted molar refractivity (Wildman–Crippen MR) is 48.6 cm³/mol. The lowest BCUT2D eigenvalue weighted by atomic mass is 10.2. The summed E-state index contributed by atoms with van der Waals surface area (Å²) in [6, 6.07) is -1.23. The molecule has 0 aromatic carbocycles. The van der Waals surface area contributed by atoms with E-state index in [4.69, 9.17) is 5.11 Å². The Kier molecular flexibility index (Phi) is 6.18. The van der Waals surface area contributed by atoms with Crippen molar-refractivity contribution < 1.29 is 23.5 Å². The van der Waals surface area contributed by atoms with Crippen LogP contribution in [-0.2, 0) is 9.59 Å². The zero-order valence-electron chi connectivity index (χ0n) is 7.50. The first kappa shape index (κ1) is 13.2. The number of carboxylic acid groups (broad SMARTS) is 1. The maximum atomic E-state index is 11.8. The summed E-state index contributed by atoms with van der Waals surface area (Å²) < 4.78 is 23.5. The van der Waals surface area contributed by atoms with Crippen molar-refractivity contribution in [1.29, 1.82) is 0 Å². The van der Waals surface area contributed by atoms with Crippen LogP contribution in [0.3, 0.4) is 0 Å². The number of aliphatic carboxylic acids is 1. The highest BCUT2D eigenvalue weighted by molar-refractivity contribution is 7.98. The average molecular weight is 227 g/mol. The summed E-state index contributed by atoms with van der Waals surface area (Å²) in [6.45, 7) is 0. The second kappa shape index (κ2) is 6.58. The van der Waals surface area contributed by atoms with Crippen LogP contribution in [0, 0.1) is 0 Å². The number of carboxylic acids is 1. The first-order chi connectivity index (χ1) is 6.49. The Morgan fingerprint density at radius 3 is 2.43 bits per heavy atom. The van der Waals surface area contributed by atoms with E-state index in [1.165, 1.54) is 11.8 Å². The van der Waals surface area contributed by atoms with E-state index in [2.05, 4.69) is 0 Å². The molecule has 0 saturated heterocycles. The number of rotatable bonds is 6. The molecule has 0 unspecified atom stereocenters. The van der Waals surface area contributed by atoms with Crippen molar-refractivity contribution in [3.8, 4) is 0 Å². The van der Waals surface area contributed by atoms with Crippen LogP contribution in [0.15, 0.2) is 0 Å². The van der Waals surface area contributed by atoms with Gasteiger partial charge in [0.1, 0.15) is 6.04 Å². The third kappa shape index (κ3) is 5.00. The molecule has 0 aromatic rings. The summed E-state index contributed by atoms with van der Waals surface area (Å²) in [5, 5.41) is 10.3. The molecule has 0 bridgehead atoms. The molecule has 0 aromatic heterocycles. The van der Waals surface area contributed by atoms with Crippen molar-refractivity contribution in [2.75, 3.05) is 12.0 Å². The summed E-state index contributed by atoms with van der Waals surface area (Å²) in [6.07, 6.45) is -1.28. The van der Waals surface area contributed by atoms with Gasteiger partial charge in [0.05, 0.1) is 0 Å². The van der Waals surface area contributed by atoms with Gasteiger partial charge in [-0.25, -0.2) is 4.79 Å². The molecule has 0 fully saturated rings. The Bertz CT molecular complexity index is 213. The lowest BCUT2D eigenvalue weighted by molar-refractivity contribution is -0.144. The molecule has 1 atom stereocenters. The number of halogens is 2. The van der Waals surface area contributed by atoms with Gasteiger partial charge in [-0.2, -0.15) is 20.5 Å².